The van der Waals surface area contributed by atoms with Crippen LogP contribution in [0.5, 0.6) is 5.75 Å². The highest BCUT2D eigenvalue weighted by Crippen LogP contribution is 2.42. The number of ether oxygens (including phenoxy) is 1. The van der Waals surface area contributed by atoms with Gasteiger partial charge in [0.05, 0.1) is 0 Å². The van der Waals surface area contributed by atoms with Gasteiger partial charge in [-0.25, -0.2) is 0 Å². The van der Waals surface area contributed by atoms with Crippen LogP contribution in [0.25, 0.3) is 0 Å². The molecule has 0 fully saturated rings. The van der Waals surface area contributed by atoms with Gasteiger partial charge in [0, 0.05) is 12.8 Å². The maximum atomic E-state index is 10.9. The predicted molar refractivity (Wildman–Crippen MR) is 71.2 cm³/mol. The Morgan fingerprint density at radius 3 is 2.41 bits per heavy atom. The maximum absolute atomic E-state index is 10.9. The van der Waals surface area contributed by atoms with Gasteiger partial charge in [-0.15, -0.1) is 0 Å². The van der Waals surface area contributed by atoms with Crippen molar-refractivity contribution in [3.8, 4) is 5.75 Å². The lowest BCUT2D eigenvalue weighted by Crippen LogP contribution is -2.15. The Labute approximate surface area is 116 Å². The molecule has 1 atom stereocenters. The molecule has 0 spiro atoms. The van der Waals surface area contributed by atoms with Crippen molar-refractivity contribution >= 4 is 40.8 Å². The van der Waals surface area contributed by atoms with Crippen LogP contribution >= 0.6 is 34.8 Å². The number of rotatable bonds is 2. The number of aryl methyl sites for hydroxylation is 1. The first-order chi connectivity index (χ1) is 7.71. The van der Waals surface area contributed by atoms with Gasteiger partial charge in [0.1, 0.15) is 5.75 Å². The number of hydrogen-bond acceptors (Lipinski definition) is 2. The molecule has 0 saturated carbocycles. The van der Waals surface area contributed by atoms with Gasteiger partial charge in [0.15, 0.2) is 3.79 Å². The number of carbonyl (C=O) groups is 1. The summed E-state index contributed by atoms with van der Waals surface area (Å²) in [6.45, 7) is 5.07. The minimum Gasteiger partial charge on any atom is -0.427 e. The lowest BCUT2D eigenvalue weighted by Gasteiger charge is -2.22. The predicted octanol–water partition coefficient (Wildman–Crippen LogP) is 4.39. The van der Waals surface area contributed by atoms with Crippen molar-refractivity contribution in [1.29, 1.82) is 0 Å². The average molecular weight is 296 g/mol. The van der Waals surface area contributed by atoms with Gasteiger partial charge in [-0.3, -0.25) is 4.79 Å². The fourth-order valence-corrected chi connectivity index (χ4v) is 1.84. The van der Waals surface area contributed by atoms with Gasteiger partial charge in [-0.2, -0.15) is 0 Å². The fourth-order valence-electron chi connectivity index (χ4n) is 1.49. The Hall–Kier alpha value is -0.440. The number of alkyl halides is 3. The van der Waals surface area contributed by atoms with Crippen LogP contribution in [0.4, 0.5) is 0 Å². The molecule has 94 valence electrons. The Kier molecular flexibility index (Phi) is 4.70. The molecule has 5 heteroatoms. The molecule has 0 amide bonds. The summed E-state index contributed by atoms with van der Waals surface area (Å²) in [6.07, 6.45) is 0. The molecule has 0 bridgehead atoms. The van der Waals surface area contributed by atoms with Crippen LogP contribution in [0.1, 0.15) is 30.9 Å². The SMILES string of the molecule is CC(=O)Oc1ccc(C)c([C@H](C)C(Cl)(Cl)Cl)c1. The third kappa shape index (κ3) is 4.06. The van der Waals surface area contributed by atoms with E-state index in [2.05, 4.69) is 0 Å². The second-order valence-corrected chi connectivity index (χ2v) is 6.24. The van der Waals surface area contributed by atoms with Crippen molar-refractivity contribution in [3.63, 3.8) is 0 Å². The van der Waals surface area contributed by atoms with Crippen molar-refractivity contribution in [2.24, 2.45) is 0 Å². The van der Waals surface area contributed by atoms with E-state index in [0.717, 1.165) is 11.1 Å². The Morgan fingerprint density at radius 1 is 1.35 bits per heavy atom. The van der Waals surface area contributed by atoms with Gasteiger partial charge >= 0.3 is 5.97 Å². The molecular weight excluding hydrogens is 282 g/mol. The molecule has 0 heterocycles. The highest BCUT2D eigenvalue weighted by atomic mass is 35.6. The smallest absolute Gasteiger partial charge is 0.308 e. The number of benzene rings is 1. The molecule has 0 aliphatic heterocycles. The van der Waals surface area contributed by atoms with E-state index in [1.807, 2.05) is 19.9 Å². The number of carbonyl (C=O) groups excluding carboxylic acids is 1. The quantitative estimate of drug-likeness (QED) is 0.459. The third-order valence-corrected chi connectivity index (χ3v) is 3.45. The van der Waals surface area contributed by atoms with Crippen molar-refractivity contribution in [1.82, 2.24) is 0 Å². The summed E-state index contributed by atoms with van der Waals surface area (Å²) >= 11 is 17.6. The second-order valence-electron chi connectivity index (χ2n) is 3.88. The monoisotopic (exact) mass is 294 g/mol. The minimum absolute atomic E-state index is 0.289. The van der Waals surface area contributed by atoms with E-state index in [0.29, 0.717) is 5.75 Å². The topological polar surface area (TPSA) is 26.3 Å². The third-order valence-electron chi connectivity index (χ3n) is 2.47. The molecular formula is C12H13Cl3O2. The number of hydrogen-bond donors (Lipinski definition) is 0. The molecule has 1 aromatic rings. The van der Waals surface area contributed by atoms with Crippen LogP contribution < -0.4 is 4.74 Å². The zero-order valence-corrected chi connectivity index (χ0v) is 12.0. The van der Waals surface area contributed by atoms with E-state index in [-0.39, 0.29) is 11.9 Å². The van der Waals surface area contributed by atoms with E-state index in [1.165, 1.54) is 6.92 Å². The van der Waals surface area contributed by atoms with Gasteiger partial charge in [-0.05, 0) is 30.2 Å². The maximum Gasteiger partial charge on any atom is 0.308 e. The summed E-state index contributed by atoms with van der Waals surface area (Å²) in [7, 11) is 0. The Bertz CT molecular complexity index is 424. The summed E-state index contributed by atoms with van der Waals surface area (Å²) < 4.78 is 3.62. The normalized spacial score (nSPS) is 13.3. The van der Waals surface area contributed by atoms with Crippen LogP contribution in [0.2, 0.25) is 0 Å². The summed E-state index contributed by atoms with van der Waals surface area (Å²) in [5.74, 6) is -0.205. The average Bonchev–Trinajstić information content (AvgIpc) is 2.18. The van der Waals surface area contributed by atoms with Crippen LogP contribution in [0.3, 0.4) is 0 Å². The molecule has 2 nitrogen and oxygen atoms in total. The van der Waals surface area contributed by atoms with E-state index in [4.69, 9.17) is 39.5 Å². The molecule has 0 radical (unpaired) electrons. The van der Waals surface area contributed by atoms with E-state index < -0.39 is 3.79 Å². The summed E-state index contributed by atoms with van der Waals surface area (Å²) in [4.78, 5) is 10.9. The van der Waals surface area contributed by atoms with Crippen LogP contribution in [-0.2, 0) is 4.79 Å². The molecule has 0 N–H and O–H groups in total. The van der Waals surface area contributed by atoms with Crippen molar-refractivity contribution in [2.45, 2.75) is 30.5 Å². The summed E-state index contributed by atoms with van der Waals surface area (Å²) in [5, 5.41) is 0. The highest BCUT2D eigenvalue weighted by molar-refractivity contribution is 6.68. The molecule has 1 rings (SSSR count). The van der Waals surface area contributed by atoms with Crippen LogP contribution in [0, 0.1) is 6.92 Å². The molecule has 1 aromatic carbocycles. The van der Waals surface area contributed by atoms with Gasteiger partial charge in [-0.1, -0.05) is 47.8 Å². The highest BCUT2D eigenvalue weighted by Gasteiger charge is 2.31. The van der Waals surface area contributed by atoms with Gasteiger partial charge < -0.3 is 4.74 Å². The Balaban J connectivity index is 3.10. The van der Waals surface area contributed by atoms with Crippen molar-refractivity contribution < 1.29 is 9.53 Å². The van der Waals surface area contributed by atoms with E-state index in [1.54, 1.807) is 12.1 Å². The largest absolute Gasteiger partial charge is 0.427 e. The first-order valence-corrected chi connectivity index (χ1v) is 6.21. The van der Waals surface area contributed by atoms with Crippen molar-refractivity contribution in [2.75, 3.05) is 0 Å². The molecule has 17 heavy (non-hydrogen) atoms. The standard InChI is InChI=1S/C12H13Cl3O2/c1-7-4-5-10(17-9(3)16)6-11(7)8(2)12(13,14)15/h4-6,8H,1-3H3/t8-/m0/s1. The first-order valence-electron chi connectivity index (χ1n) is 5.07. The summed E-state index contributed by atoms with van der Waals surface area (Å²) in [5.41, 5.74) is 1.84. The van der Waals surface area contributed by atoms with Crippen LogP contribution in [-0.4, -0.2) is 9.76 Å². The van der Waals surface area contributed by atoms with Crippen molar-refractivity contribution in [3.05, 3.63) is 29.3 Å². The first kappa shape index (κ1) is 14.6. The molecule has 0 saturated heterocycles. The fraction of sp³-hybridized carbons (Fsp3) is 0.417. The van der Waals surface area contributed by atoms with Gasteiger partial charge in [0.2, 0.25) is 0 Å². The number of halogens is 3. The van der Waals surface area contributed by atoms with E-state index >= 15 is 0 Å². The van der Waals surface area contributed by atoms with Gasteiger partial charge in [0.25, 0.3) is 0 Å². The molecule has 0 aromatic heterocycles. The minimum atomic E-state index is -1.39. The molecule has 0 unspecified atom stereocenters. The lowest BCUT2D eigenvalue weighted by molar-refractivity contribution is -0.131. The molecule has 0 aliphatic carbocycles. The number of esters is 1. The Morgan fingerprint density at radius 2 is 1.94 bits per heavy atom. The van der Waals surface area contributed by atoms with Crippen LogP contribution in [0.15, 0.2) is 18.2 Å². The zero-order valence-electron chi connectivity index (χ0n) is 9.76. The zero-order chi connectivity index (χ0) is 13.2. The molecule has 0 aliphatic rings. The second kappa shape index (κ2) is 5.47. The van der Waals surface area contributed by atoms with E-state index in [9.17, 15) is 4.79 Å². The lowest BCUT2D eigenvalue weighted by atomic mass is 9.97. The summed E-state index contributed by atoms with van der Waals surface area (Å²) in [6, 6.07) is 5.27.